The van der Waals surface area contributed by atoms with Crippen molar-refractivity contribution < 1.29 is 14.3 Å². The maximum Gasteiger partial charge on any atom is 0.253 e. The monoisotopic (exact) mass is 448 g/mol. The maximum atomic E-state index is 13.1. The van der Waals surface area contributed by atoms with E-state index in [1.54, 1.807) is 0 Å². The highest BCUT2D eigenvalue weighted by Gasteiger charge is 2.46. The molecule has 1 aromatic carbocycles. The molecule has 2 fully saturated rings. The smallest absolute Gasteiger partial charge is 0.253 e. The third kappa shape index (κ3) is 5.94. The highest BCUT2D eigenvalue weighted by molar-refractivity contribution is 5.94. The summed E-state index contributed by atoms with van der Waals surface area (Å²) >= 11 is 0. The largest absolute Gasteiger partial charge is 0.491 e. The van der Waals surface area contributed by atoms with Gasteiger partial charge in [0.2, 0.25) is 0 Å². The van der Waals surface area contributed by atoms with E-state index in [2.05, 4.69) is 30.6 Å². The standard InChI is InChI=1S/C25H36N2O3.ClH/c1-7-8-13-27-17-25(29-18-24(27,5)6)11-14-26(15-12-25)23(28)21-9-10-22(20(4)16-21)30-19(2)3;/h9-10,16,19H,11-15,17-18H2,1-6H3;1H. The molecule has 172 valence electrons. The van der Waals surface area contributed by atoms with Crippen LogP contribution in [0, 0.1) is 18.8 Å². The summed E-state index contributed by atoms with van der Waals surface area (Å²) in [5.74, 6) is 7.15. The minimum absolute atomic E-state index is 0. The number of likely N-dealkylation sites (tertiary alicyclic amines) is 1. The predicted molar refractivity (Wildman–Crippen MR) is 127 cm³/mol. The van der Waals surface area contributed by atoms with Gasteiger partial charge in [0.1, 0.15) is 5.75 Å². The molecule has 2 aliphatic heterocycles. The topological polar surface area (TPSA) is 42.0 Å². The Hall–Kier alpha value is -1.74. The highest BCUT2D eigenvalue weighted by atomic mass is 35.5. The van der Waals surface area contributed by atoms with Gasteiger partial charge < -0.3 is 14.4 Å². The Morgan fingerprint density at radius 3 is 2.52 bits per heavy atom. The summed E-state index contributed by atoms with van der Waals surface area (Å²) in [5.41, 5.74) is 1.53. The van der Waals surface area contributed by atoms with Crippen LogP contribution in [0.2, 0.25) is 0 Å². The Bertz CT molecular complexity index is 833. The van der Waals surface area contributed by atoms with Crippen molar-refractivity contribution in [2.45, 2.75) is 71.6 Å². The lowest BCUT2D eigenvalue weighted by Crippen LogP contribution is -2.64. The summed E-state index contributed by atoms with van der Waals surface area (Å²) in [7, 11) is 0. The first-order valence-corrected chi connectivity index (χ1v) is 11.0. The van der Waals surface area contributed by atoms with Gasteiger partial charge in [-0.1, -0.05) is 5.92 Å². The average molecular weight is 449 g/mol. The van der Waals surface area contributed by atoms with Crippen LogP contribution in [-0.2, 0) is 4.74 Å². The van der Waals surface area contributed by atoms with Crippen LogP contribution < -0.4 is 4.74 Å². The molecule has 0 aliphatic carbocycles. The van der Waals surface area contributed by atoms with E-state index < -0.39 is 0 Å². The summed E-state index contributed by atoms with van der Waals surface area (Å²) in [4.78, 5) is 17.5. The quantitative estimate of drug-likeness (QED) is 0.643. The number of aryl methyl sites for hydroxylation is 1. The molecule has 0 atom stereocenters. The van der Waals surface area contributed by atoms with Gasteiger partial charge in [-0.25, -0.2) is 0 Å². The highest BCUT2D eigenvalue weighted by Crippen LogP contribution is 2.35. The van der Waals surface area contributed by atoms with Crippen molar-refractivity contribution in [2.75, 3.05) is 32.8 Å². The van der Waals surface area contributed by atoms with E-state index in [1.165, 1.54) is 0 Å². The third-order valence-electron chi connectivity index (χ3n) is 6.26. The van der Waals surface area contributed by atoms with E-state index in [-0.39, 0.29) is 35.6 Å². The van der Waals surface area contributed by atoms with E-state index in [9.17, 15) is 4.79 Å². The lowest BCUT2D eigenvalue weighted by atomic mass is 9.85. The normalized spacial score (nSPS) is 20.0. The zero-order valence-corrected chi connectivity index (χ0v) is 20.6. The van der Waals surface area contributed by atoms with Crippen LogP contribution in [0.4, 0.5) is 0 Å². The van der Waals surface area contributed by atoms with Crippen molar-refractivity contribution in [3.63, 3.8) is 0 Å². The first kappa shape index (κ1) is 25.5. The molecular weight excluding hydrogens is 412 g/mol. The molecule has 2 heterocycles. The van der Waals surface area contributed by atoms with Crippen LogP contribution in [0.5, 0.6) is 5.75 Å². The third-order valence-corrected chi connectivity index (χ3v) is 6.26. The molecule has 3 rings (SSSR count). The van der Waals surface area contributed by atoms with Gasteiger partial charge in [0, 0.05) is 30.7 Å². The van der Waals surface area contributed by atoms with Gasteiger partial charge >= 0.3 is 0 Å². The van der Waals surface area contributed by atoms with Crippen molar-refractivity contribution in [3.8, 4) is 17.6 Å². The summed E-state index contributed by atoms with van der Waals surface area (Å²) in [5, 5.41) is 0. The molecule has 1 amide bonds. The summed E-state index contributed by atoms with van der Waals surface area (Å²) in [6.07, 6.45) is 1.84. The molecule has 2 aliphatic rings. The molecule has 0 radical (unpaired) electrons. The van der Waals surface area contributed by atoms with Gasteiger partial charge in [-0.2, -0.15) is 0 Å². The van der Waals surface area contributed by atoms with Crippen LogP contribution >= 0.6 is 12.4 Å². The van der Waals surface area contributed by atoms with Crippen molar-refractivity contribution in [1.29, 1.82) is 0 Å². The average Bonchev–Trinajstić information content (AvgIpc) is 2.70. The second kappa shape index (κ2) is 10.3. The second-order valence-corrected chi connectivity index (χ2v) is 9.51. The lowest BCUT2D eigenvalue weighted by molar-refractivity contribution is -0.173. The van der Waals surface area contributed by atoms with Crippen molar-refractivity contribution in [1.82, 2.24) is 9.80 Å². The number of piperidine rings is 1. The minimum Gasteiger partial charge on any atom is -0.491 e. The number of halogens is 1. The fourth-order valence-corrected chi connectivity index (χ4v) is 4.24. The second-order valence-electron chi connectivity index (χ2n) is 9.51. The van der Waals surface area contributed by atoms with Crippen molar-refractivity contribution in [3.05, 3.63) is 29.3 Å². The number of hydrogen-bond acceptors (Lipinski definition) is 4. The fraction of sp³-hybridized carbons (Fsp3) is 0.640. The van der Waals surface area contributed by atoms with Gasteiger partial charge in [0.05, 0.1) is 24.9 Å². The molecule has 0 aromatic heterocycles. The van der Waals surface area contributed by atoms with Crippen LogP contribution in [0.1, 0.15) is 63.4 Å². The first-order chi connectivity index (χ1) is 14.2. The van der Waals surface area contributed by atoms with Gasteiger partial charge in [-0.15, -0.1) is 18.3 Å². The zero-order valence-electron chi connectivity index (χ0n) is 19.8. The Morgan fingerprint density at radius 2 is 1.94 bits per heavy atom. The molecule has 0 saturated carbocycles. The number of morpholine rings is 1. The molecule has 31 heavy (non-hydrogen) atoms. The van der Waals surface area contributed by atoms with E-state index in [1.807, 2.05) is 50.8 Å². The number of ether oxygens (including phenoxy) is 2. The molecule has 5 nitrogen and oxygen atoms in total. The summed E-state index contributed by atoms with van der Waals surface area (Å²) < 4.78 is 12.2. The number of carbonyl (C=O) groups excluding carboxylic acids is 1. The molecule has 2 saturated heterocycles. The molecular formula is C25H37ClN2O3. The predicted octanol–water partition coefficient (Wildman–Crippen LogP) is 4.31. The Labute approximate surface area is 193 Å². The number of benzene rings is 1. The van der Waals surface area contributed by atoms with E-state index in [0.29, 0.717) is 6.61 Å². The van der Waals surface area contributed by atoms with Crippen LogP contribution in [-0.4, -0.2) is 65.7 Å². The zero-order chi connectivity index (χ0) is 21.9. The van der Waals surface area contributed by atoms with Crippen molar-refractivity contribution in [2.24, 2.45) is 0 Å². The molecule has 6 heteroatoms. The summed E-state index contributed by atoms with van der Waals surface area (Å²) in [6, 6.07) is 5.73. The number of amides is 1. The first-order valence-electron chi connectivity index (χ1n) is 11.0. The molecule has 0 bridgehead atoms. The fourth-order valence-electron chi connectivity index (χ4n) is 4.24. The number of rotatable bonds is 4. The Balaban J connectivity index is 0.00000341. The lowest BCUT2D eigenvalue weighted by Gasteiger charge is -2.53. The molecule has 1 aromatic rings. The van der Waals surface area contributed by atoms with Crippen LogP contribution in [0.25, 0.3) is 0 Å². The van der Waals surface area contributed by atoms with Crippen LogP contribution in [0.3, 0.4) is 0 Å². The van der Waals surface area contributed by atoms with E-state index in [4.69, 9.17) is 9.47 Å². The van der Waals surface area contributed by atoms with E-state index >= 15 is 0 Å². The van der Waals surface area contributed by atoms with Gasteiger partial charge in [0.25, 0.3) is 5.91 Å². The van der Waals surface area contributed by atoms with E-state index in [0.717, 1.165) is 55.9 Å². The molecule has 0 unspecified atom stereocenters. The van der Waals surface area contributed by atoms with Gasteiger partial charge in [-0.3, -0.25) is 9.69 Å². The van der Waals surface area contributed by atoms with Gasteiger partial charge in [-0.05, 0) is 78.1 Å². The number of nitrogens with zero attached hydrogens (tertiary/aromatic N) is 2. The number of hydrogen-bond donors (Lipinski definition) is 0. The Kier molecular flexibility index (Phi) is 8.44. The van der Waals surface area contributed by atoms with Crippen molar-refractivity contribution >= 4 is 18.3 Å². The summed E-state index contributed by atoms with van der Waals surface area (Å²) in [6.45, 7) is 16.1. The molecule has 0 N–H and O–H groups in total. The van der Waals surface area contributed by atoms with Crippen LogP contribution in [0.15, 0.2) is 18.2 Å². The molecule has 1 spiro atoms. The SMILES string of the molecule is CC#CCN1CC2(CCN(C(=O)c3ccc(OC(C)C)c(C)c3)CC2)OCC1(C)C.Cl. The Morgan fingerprint density at radius 1 is 1.26 bits per heavy atom. The maximum absolute atomic E-state index is 13.1. The number of carbonyl (C=O) groups is 1. The minimum atomic E-state index is -0.174. The van der Waals surface area contributed by atoms with Gasteiger partial charge in [0.15, 0.2) is 0 Å².